The maximum absolute atomic E-state index is 8.41. The zero-order chi connectivity index (χ0) is 6.85. The summed E-state index contributed by atoms with van der Waals surface area (Å²) in [5.41, 5.74) is 0. The highest BCUT2D eigenvalue weighted by atomic mass is 15.6. The van der Waals surface area contributed by atoms with Crippen molar-refractivity contribution >= 4 is 6.34 Å². The highest BCUT2D eigenvalue weighted by molar-refractivity contribution is 5.59. The van der Waals surface area contributed by atoms with Crippen molar-refractivity contribution in [3.63, 3.8) is 0 Å². The molecule has 0 aromatic carbocycles. The first kappa shape index (κ1) is 5.89. The lowest BCUT2D eigenvalue weighted by atomic mass is 10.5. The molecule has 1 aliphatic heterocycles. The van der Waals surface area contributed by atoms with Gasteiger partial charge in [-0.15, -0.1) is 0 Å². The second kappa shape index (κ2) is 1.94. The SMILES string of the molecule is CC1N(C#N)C=NN1C. The number of hydrogen-bond donors (Lipinski definition) is 0. The van der Waals surface area contributed by atoms with Gasteiger partial charge in [-0.25, -0.2) is 4.90 Å². The molecule has 0 aliphatic carbocycles. The summed E-state index contributed by atoms with van der Waals surface area (Å²) in [6.45, 7) is 1.91. The number of hydrazone groups is 1. The van der Waals surface area contributed by atoms with E-state index in [0.717, 1.165) is 0 Å². The lowest BCUT2D eigenvalue weighted by molar-refractivity contribution is 0.219. The Balaban J connectivity index is 2.65. The average Bonchev–Trinajstić information content (AvgIpc) is 2.15. The van der Waals surface area contributed by atoms with Gasteiger partial charge in [-0.2, -0.15) is 10.4 Å². The standard InChI is InChI=1S/C5H8N4/c1-5-8(2)7-4-9(5)3-6/h4-5H,1-2H3. The van der Waals surface area contributed by atoms with E-state index in [1.807, 2.05) is 20.2 Å². The van der Waals surface area contributed by atoms with Crippen LogP contribution in [-0.4, -0.2) is 29.5 Å². The zero-order valence-corrected chi connectivity index (χ0v) is 5.44. The molecule has 0 radical (unpaired) electrons. The summed E-state index contributed by atoms with van der Waals surface area (Å²) in [5.74, 6) is 0. The Kier molecular flexibility index (Phi) is 1.27. The zero-order valence-electron chi connectivity index (χ0n) is 5.44. The Morgan fingerprint density at radius 1 is 1.78 bits per heavy atom. The van der Waals surface area contributed by atoms with Gasteiger partial charge in [0.2, 0.25) is 0 Å². The first-order valence-electron chi connectivity index (χ1n) is 2.70. The van der Waals surface area contributed by atoms with Gasteiger partial charge in [0.15, 0.2) is 6.19 Å². The van der Waals surface area contributed by atoms with E-state index in [1.165, 1.54) is 11.2 Å². The van der Waals surface area contributed by atoms with Gasteiger partial charge in [0.05, 0.1) is 0 Å². The van der Waals surface area contributed by atoms with Crippen LogP contribution in [0.5, 0.6) is 0 Å². The molecule has 48 valence electrons. The topological polar surface area (TPSA) is 42.6 Å². The van der Waals surface area contributed by atoms with Crippen molar-refractivity contribution in [2.24, 2.45) is 5.10 Å². The lowest BCUT2D eigenvalue weighted by Gasteiger charge is -2.16. The minimum absolute atomic E-state index is 0.0787. The predicted molar refractivity (Wildman–Crippen MR) is 33.2 cm³/mol. The van der Waals surface area contributed by atoms with E-state index in [0.29, 0.717) is 0 Å². The summed E-state index contributed by atoms with van der Waals surface area (Å²) >= 11 is 0. The molecule has 0 fully saturated rings. The van der Waals surface area contributed by atoms with Crippen LogP contribution in [0.25, 0.3) is 0 Å². The molecule has 0 aromatic rings. The van der Waals surface area contributed by atoms with Gasteiger partial charge in [0.25, 0.3) is 0 Å². The highest BCUT2D eigenvalue weighted by Crippen LogP contribution is 2.06. The number of rotatable bonds is 0. The molecule has 4 heteroatoms. The van der Waals surface area contributed by atoms with Crippen LogP contribution in [-0.2, 0) is 0 Å². The van der Waals surface area contributed by atoms with Crippen molar-refractivity contribution in [3.05, 3.63) is 0 Å². The van der Waals surface area contributed by atoms with Crippen LogP contribution in [0.1, 0.15) is 6.92 Å². The molecule has 0 aromatic heterocycles. The summed E-state index contributed by atoms with van der Waals surface area (Å²) in [4.78, 5) is 1.49. The molecule has 9 heavy (non-hydrogen) atoms. The monoisotopic (exact) mass is 124 g/mol. The Labute approximate surface area is 54.0 Å². The first-order chi connectivity index (χ1) is 4.25. The third-order valence-corrected chi connectivity index (χ3v) is 1.42. The molecule has 0 saturated carbocycles. The second-order valence-corrected chi connectivity index (χ2v) is 1.94. The summed E-state index contributed by atoms with van der Waals surface area (Å²) in [7, 11) is 1.83. The van der Waals surface area contributed by atoms with Gasteiger partial charge in [0.1, 0.15) is 12.5 Å². The third kappa shape index (κ3) is 0.809. The van der Waals surface area contributed by atoms with Gasteiger partial charge < -0.3 is 0 Å². The molecule has 0 amide bonds. The molecule has 0 N–H and O–H groups in total. The Morgan fingerprint density at radius 2 is 2.44 bits per heavy atom. The van der Waals surface area contributed by atoms with Crippen molar-refractivity contribution in [2.75, 3.05) is 7.05 Å². The smallest absolute Gasteiger partial charge is 0.187 e. The van der Waals surface area contributed by atoms with Crippen LogP contribution in [0, 0.1) is 11.5 Å². The lowest BCUT2D eigenvalue weighted by Crippen LogP contribution is -2.31. The summed E-state index contributed by atoms with van der Waals surface area (Å²) < 4.78 is 0. The average molecular weight is 124 g/mol. The molecular formula is C5H8N4. The Morgan fingerprint density at radius 3 is 2.67 bits per heavy atom. The fraction of sp³-hybridized carbons (Fsp3) is 0.600. The van der Waals surface area contributed by atoms with E-state index < -0.39 is 0 Å². The maximum atomic E-state index is 8.41. The van der Waals surface area contributed by atoms with Crippen molar-refractivity contribution in [1.82, 2.24) is 9.91 Å². The van der Waals surface area contributed by atoms with E-state index >= 15 is 0 Å². The van der Waals surface area contributed by atoms with E-state index in [-0.39, 0.29) is 6.17 Å². The van der Waals surface area contributed by atoms with E-state index in [2.05, 4.69) is 5.10 Å². The van der Waals surface area contributed by atoms with Gasteiger partial charge in [-0.05, 0) is 6.92 Å². The quantitative estimate of drug-likeness (QED) is 0.427. The van der Waals surface area contributed by atoms with Gasteiger partial charge >= 0.3 is 0 Å². The van der Waals surface area contributed by atoms with Crippen LogP contribution in [0.2, 0.25) is 0 Å². The van der Waals surface area contributed by atoms with Gasteiger partial charge in [-0.3, -0.25) is 5.01 Å². The molecule has 0 spiro atoms. The van der Waals surface area contributed by atoms with Crippen LogP contribution in [0.15, 0.2) is 5.10 Å². The minimum atomic E-state index is 0.0787. The molecular weight excluding hydrogens is 116 g/mol. The van der Waals surface area contributed by atoms with E-state index in [9.17, 15) is 0 Å². The number of nitriles is 1. The fourth-order valence-electron chi connectivity index (χ4n) is 0.619. The highest BCUT2D eigenvalue weighted by Gasteiger charge is 2.18. The van der Waals surface area contributed by atoms with Crippen LogP contribution in [0.3, 0.4) is 0 Å². The normalized spacial score (nSPS) is 24.8. The number of hydrogen-bond acceptors (Lipinski definition) is 4. The summed E-state index contributed by atoms with van der Waals surface area (Å²) in [6, 6.07) is 0. The molecule has 0 saturated heterocycles. The van der Waals surface area contributed by atoms with Crippen molar-refractivity contribution < 1.29 is 0 Å². The molecule has 1 atom stereocenters. The third-order valence-electron chi connectivity index (χ3n) is 1.42. The van der Waals surface area contributed by atoms with E-state index in [4.69, 9.17) is 5.26 Å². The molecule has 1 rings (SSSR count). The van der Waals surface area contributed by atoms with Crippen molar-refractivity contribution in [3.8, 4) is 6.19 Å². The maximum Gasteiger partial charge on any atom is 0.187 e. The first-order valence-corrected chi connectivity index (χ1v) is 2.70. The molecule has 4 nitrogen and oxygen atoms in total. The molecule has 1 aliphatic rings. The van der Waals surface area contributed by atoms with Crippen molar-refractivity contribution in [1.29, 1.82) is 5.26 Å². The van der Waals surface area contributed by atoms with Crippen LogP contribution in [0.4, 0.5) is 0 Å². The molecule has 1 heterocycles. The molecule has 1 unspecified atom stereocenters. The van der Waals surface area contributed by atoms with Crippen LogP contribution >= 0.6 is 0 Å². The van der Waals surface area contributed by atoms with Gasteiger partial charge in [-0.1, -0.05) is 0 Å². The van der Waals surface area contributed by atoms with Gasteiger partial charge in [0, 0.05) is 7.05 Å². The number of nitrogens with zero attached hydrogens (tertiary/aromatic N) is 4. The van der Waals surface area contributed by atoms with Crippen LogP contribution < -0.4 is 0 Å². The second-order valence-electron chi connectivity index (χ2n) is 1.94. The fourth-order valence-corrected chi connectivity index (χ4v) is 0.619. The van der Waals surface area contributed by atoms with E-state index in [1.54, 1.807) is 5.01 Å². The predicted octanol–water partition coefficient (Wildman–Crippen LogP) is 0.00418. The summed E-state index contributed by atoms with van der Waals surface area (Å²) in [5, 5.41) is 14.0. The molecule has 0 bridgehead atoms. The summed E-state index contributed by atoms with van der Waals surface area (Å²) in [6.07, 6.45) is 3.58. The Hall–Kier alpha value is -1.24. The minimum Gasteiger partial charge on any atom is -0.275 e. The largest absolute Gasteiger partial charge is 0.275 e. The van der Waals surface area contributed by atoms with Crippen molar-refractivity contribution in [2.45, 2.75) is 13.1 Å². The Bertz CT molecular complexity index is 168.